The Balaban J connectivity index is 1.93. The molecule has 1 aliphatic carbocycles. The van der Waals surface area contributed by atoms with E-state index < -0.39 is 0 Å². The summed E-state index contributed by atoms with van der Waals surface area (Å²) in [5.41, 5.74) is 11.2. The smallest absolute Gasteiger partial charge is 0.00133 e. The molecular formula is C21H18. The molecule has 3 aromatic rings. The highest BCUT2D eigenvalue weighted by atomic mass is 14.2. The average Bonchev–Trinajstić information content (AvgIpc) is 2.86. The van der Waals surface area contributed by atoms with E-state index in [1.54, 1.807) is 0 Å². The van der Waals surface area contributed by atoms with Gasteiger partial charge in [-0.15, -0.1) is 0 Å². The lowest BCUT2D eigenvalue weighted by atomic mass is 9.95. The molecule has 0 unspecified atom stereocenters. The molecule has 0 heteroatoms. The summed E-state index contributed by atoms with van der Waals surface area (Å²) in [6.07, 6.45) is 1.07. The highest BCUT2D eigenvalue weighted by Crippen LogP contribution is 2.40. The van der Waals surface area contributed by atoms with Crippen molar-refractivity contribution in [3.63, 3.8) is 0 Å². The normalized spacial score (nSPS) is 12.1. The molecule has 0 heterocycles. The number of hydrogen-bond acceptors (Lipinski definition) is 0. The molecule has 0 amide bonds. The lowest BCUT2D eigenvalue weighted by Crippen LogP contribution is -1.86. The average molecular weight is 270 g/mol. The standard InChI is InChI=1S/C21H18/c1-14-6-3-4-9-19(14)17-11-10-16-12-18-8-5-7-15(2)21(18)20(16)13-17/h3-11,13H,12H2,1-2H3. The third-order valence-electron chi connectivity index (χ3n) is 4.58. The van der Waals surface area contributed by atoms with Crippen molar-refractivity contribution in [1.29, 1.82) is 0 Å². The van der Waals surface area contributed by atoms with Crippen LogP contribution in [0.1, 0.15) is 22.3 Å². The molecule has 0 spiro atoms. The molecule has 0 atom stereocenters. The van der Waals surface area contributed by atoms with Crippen molar-refractivity contribution in [2.45, 2.75) is 20.3 Å². The van der Waals surface area contributed by atoms with Crippen molar-refractivity contribution < 1.29 is 0 Å². The van der Waals surface area contributed by atoms with E-state index in [-0.39, 0.29) is 0 Å². The molecule has 0 bridgehead atoms. The van der Waals surface area contributed by atoms with Crippen LogP contribution >= 0.6 is 0 Å². The highest BCUT2D eigenvalue weighted by molar-refractivity contribution is 5.83. The van der Waals surface area contributed by atoms with Crippen LogP contribution in [-0.2, 0) is 6.42 Å². The summed E-state index contributed by atoms with van der Waals surface area (Å²) in [7, 11) is 0. The van der Waals surface area contributed by atoms with E-state index in [0.29, 0.717) is 0 Å². The van der Waals surface area contributed by atoms with E-state index in [4.69, 9.17) is 0 Å². The summed E-state index contributed by atoms with van der Waals surface area (Å²) in [5.74, 6) is 0. The summed E-state index contributed by atoms with van der Waals surface area (Å²) >= 11 is 0. The topological polar surface area (TPSA) is 0 Å². The van der Waals surface area contributed by atoms with E-state index in [1.165, 1.54) is 44.5 Å². The fourth-order valence-corrected chi connectivity index (χ4v) is 3.49. The van der Waals surface area contributed by atoms with E-state index in [9.17, 15) is 0 Å². The molecule has 0 fully saturated rings. The Hall–Kier alpha value is -2.34. The molecular weight excluding hydrogens is 252 g/mol. The van der Waals surface area contributed by atoms with Crippen LogP contribution in [0.4, 0.5) is 0 Å². The van der Waals surface area contributed by atoms with Crippen molar-refractivity contribution in [3.05, 3.63) is 82.9 Å². The summed E-state index contributed by atoms with van der Waals surface area (Å²) in [4.78, 5) is 0. The van der Waals surface area contributed by atoms with Crippen LogP contribution in [0.2, 0.25) is 0 Å². The molecule has 102 valence electrons. The molecule has 21 heavy (non-hydrogen) atoms. The Bertz CT molecular complexity index is 840. The predicted molar refractivity (Wildman–Crippen MR) is 89.6 cm³/mol. The summed E-state index contributed by atoms with van der Waals surface area (Å²) in [6.45, 7) is 4.40. The largest absolute Gasteiger partial charge is 0.0620 e. The minimum absolute atomic E-state index is 1.07. The fourth-order valence-electron chi connectivity index (χ4n) is 3.49. The van der Waals surface area contributed by atoms with Crippen LogP contribution in [0.5, 0.6) is 0 Å². The van der Waals surface area contributed by atoms with E-state index in [2.05, 4.69) is 74.5 Å². The molecule has 1 aliphatic rings. The van der Waals surface area contributed by atoms with Gasteiger partial charge >= 0.3 is 0 Å². The Kier molecular flexibility index (Phi) is 2.71. The second-order valence-electron chi connectivity index (χ2n) is 5.97. The highest BCUT2D eigenvalue weighted by Gasteiger charge is 2.20. The van der Waals surface area contributed by atoms with E-state index in [0.717, 1.165) is 6.42 Å². The summed E-state index contributed by atoms with van der Waals surface area (Å²) in [6, 6.07) is 22.2. The maximum atomic E-state index is 2.37. The minimum Gasteiger partial charge on any atom is -0.0620 e. The number of hydrogen-bond donors (Lipinski definition) is 0. The van der Waals surface area contributed by atoms with Crippen LogP contribution in [0.15, 0.2) is 60.7 Å². The third kappa shape index (κ3) is 1.91. The molecule has 0 N–H and O–H groups in total. The quantitative estimate of drug-likeness (QED) is 0.426. The van der Waals surface area contributed by atoms with Crippen LogP contribution in [0, 0.1) is 13.8 Å². The first kappa shape index (κ1) is 12.4. The van der Waals surface area contributed by atoms with Crippen molar-refractivity contribution >= 4 is 0 Å². The first-order valence-corrected chi connectivity index (χ1v) is 7.52. The number of benzene rings is 3. The van der Waals surface area contributed by atoms with Gasteiger partial charge in [0.05, 0.1) is 0 Å². The van der Waals surface area contributed by atoms with Gasteiger partial charge in [0, 0.05) is 0 Å². The zero-order valence-corrected chi connectivity index (χ0v) is 12.5. The van der Waals surface area contributed by atoms with Gasteiger partial charge in [-0.2, -0.15) is 0 Å². The first-order valence-electron chi connectivity index (χ1n) is 7.52. The van der Waals surface area contributed by atoms with E-state index in [1.807, 2.05) is 0 Å². The van der Waals surface area contributed by atoms with Crippen LogP contribution in [0.3, 0.4) is 0 Å². The zero-order valence-electron chi connectivity index (χ0n) is 12.5. The fraction of sp³-hybridized carbons (Fsp3) is 0.143. The van der Waals surface area contributed by atoms with Gasteiger partial charge in [-0.3, -0.25) is 0 Å². The van der Waals surface area contributed by atoms with Crippen LogP contribution in [-0.4, -0.2) is 0 Å². The maximum Gasteiger partial charge on any atom is -0.00133 e. The second-order valence-corrected chi connectivity index (χ2v) is 5.97. The van der Waals surface area contributed by atoms with Crippen LogP contribution < -0.4 is 0 Å². The SMILES string of the molecule is Cc1ccccc1-c1ccc2c(c1)-c1c(C)cccc1C2. The van der Waals surface area contributed by atoms with Gasteiger partial charge in [-0.25, -0.2) is 0 Å². The van der Waals surface area contributed by atoms with E-state index >= 15 is 0 Å². The molecule has 0 radical (unpaired) electrons. The Morgan fingerprint density at radius 1 is 0.667 bits per heavy atom. The molecule has 4 rings (SSSR count). The van der Waals surface area contributed by atoms with Gasteiger partial charge in [-0.05, 0) is 70.8 Å². The van der Waals surface area contributed by atoms with Crippen molar-refractivity contribution in [3.8, 4) is 22.3 Å². The number of aryl methyl sites for hydroxylation is 2. The Labute approximate surface area is 126 Å². The van der Waals surface area contributed by atoms with Gasteiger partial charge in [0.1, 0.15) is 0 Å². The minimum atomic E-state index is 1.07. The molecule has 0 nitrogen and oxygen atoms in total. The number of rotatable bonds is 1. The Morgan fingerprint density at radius 3 is 2.33 bits per heavy atom. The molecule has 0 saturated heterocycles. The predicted octanol–water partition coefficient (Wildman–Crippen LogP) is 5.54. The van der Waals surface area contributed by atoms with Gasteiger partial charge in [0.25, 0.3) is 0 Å². The lowest BCUT2D eigenvalue weighted by molar-refractivity contribution is 1.26. The van der Waals surface area contributed by atoms with Gasteiger partial charge in [-0.1, -0.05) is 54.6 Å². The molecule has 0 saturated carbocycles. The van der Waals surface area contributed by atoms with Crippen molar-refractivity contribution in [1.82, 2.24) is 0 Å². The molecule has 0 aromatic heterocycles. The van der Waals surface area contributed by atoms with Gasteiger partial charge in [0.15, 0.2) is 0 Å². The van der Waals surface area contributed by atoms with Crippen molar-refractivity contribution in [2.75, 3.05) is 0 Å². The summed E-state index contributed by atoms with van der Waals surface area (Å²) < 4.78 is 0. The maximum absolute atomic E-state index is 2.37. The zero-order chi connectivity index (χ0) is 14.4. The first-order chi connectivity index (χ1) is 10.2. The van der Waals surface area contributed by atoms with Crippen molar-refractivity contribution in [2.24, 2.45) is 0 Å². The second kappa shape index (κ2) is 4.60. The lowest BCUT2D eigenvalue weighted by Gasteiger charge is -2.10. The Morgan fingerprint density at radius 2 is 1.48 bits per heavy atom. The third-order valence-corrected chi connectivity index (χ3v) is 4.58. The molecule has 0 aliphatic heterocycles. The van der Waals surface area contributed by atoms with Crippen LogP contribution in [0.25, 0.3) is 22.3 Å². The molecule has 3 aromatic carbocycles. The van der Waals surface area contributed by atoms with Gasteiger partial charge in [0.2, 0.25) is 0 Å². The summed E-state index contributed by atoms with van der Waals surface area (Å²) in [5, 5.41) is 0. The van der Waals surface area contributed by atoms with Gasteiger partial charge < -0.3 is 0 Å². The number of fused-ring (bicyclic) bond motifs is 3. The monoisotopic (exact) mass is 270 g/mol.